The summed E-state index contributed by atoms with van der Waals surface area (Å²) >= 11 is 0. The van der Waals surface area contributed by atoms with Gasteiger partial charge in [-0.2, -0.15) is 0 Å². The molecule has 0 bridgehead atoms. The average Bonchev–Trinajstić information content (AvgIpc) is 2.46. The van der Waals surface area contributed by atoms with E-state index in [1.54, 1.807) is 0 Å². The zero-order chi connectivity index (χ0) is 15.3. The van der Waals surface area contributed by atoms with Gasteiger partial charge >= 0.3 is 0 Å². The molecule has 0 unspecified atom stereocenters. The fourth-order valence-corrected chi connectivity index (χ4v) is 2.77. The maximum absolute atomic E-state index is 6.02. The van der Waals surface area contributed by atoms with E-state index in [9.17, 15) is 0 Å². The zero-order valence-electron chi connectivity index (χ0n) is 13.9. The molecule has 0 amide bonds. The van der Waals surface area contributed by atoms with E-state index in [1.807, 2.05) is 6.07 Å². The summed E-state index contributed by atoms with van der Waals surface area (Å²) in [6.45, 7) is 9.32. The van der Waals surface area contributed by atoms with Crippen LogP contribution >= 0.6 is 0 Å². The Kier molecular flexibility index (Phi) is 5.48. The highest BCUT2D eigenvalue weighted by Crippen LogP contribution is 2.20. The van der Waals surface area contributed by atoms with Crippen molar-refractivity contribution < 1.29 is 4.48 Å². The van der Waals surface area contributed by atoms with Crippen LogP contribution in [0.2, 0.25) is 0 Å². The first kappa shape index (κ1) is 16.1. The van der Waals surface area contributed by atoms with Crippen LogP contribution in [0.3, 0.4) is 0 Å². The normalized spacial score (nSPS) is 18.6. The van der Waals surface area contributed by atoms with Crippen LogP contribution < -0.4 is 11.1 Å². The number of benzene rings is 1. The van der Waals surface area contributed by atoms with Crippen molar-refractivity contribution in [1.82, 2.24) is 4.90 Å². The Bertz CT molecular complexity index is 446. The van der Waals surface area contributed by atoms with Gasteiger partial charge in [-0.15, -0.1) is 0 Å². The standard InChI is InChI=1S/C17H31N4/c1-4-15-6-7-16(18)17(14-15)19-8-5-9-20-10-12-21(2,3)13-11-20/h6-7,14,19H,4-5,8-13,18H2,1-3H3/q+1. The number of aryl methyl sites for hydroxylation is 1. The molecule has 1 aromatic rings. The van der Waals surface area contributed by atoms with E-state index in [1.165, 1.54) is 44.7 Å². The van der Waals surface area contributed by atoms with Crippen molar-refractivity contribution in [1.29, 1.82) is 0 Å². The predicted molar refractivity (Wildman–Crippen MR) is 91.6 cm³/mol. The van der Waals surface area contributed by atoms with Crippen molar-refractivity contribution in [2.45, 2.75) is 19.8 Å². The van der Waals surface area contributed by atoms with Crippen LogP contribution in [0.15, 0.2) is 18.2 Å². The average molecular weight is 291 g/mol. The molecule has 0 aliphatic carbocycles. The number of nitrogens with two attached hydrogens (primary N) is 1. The van der Waals surface area contributed by atoms with Crippen LogP contribution in [0, 0.1) is 0 Å². The second-order valence-corrected chi connectivity index (χ2v) is 6.78. The van der Waals surface area contributed by atoms with E-state index in [-0.39, 0.29) is 0 Å². The first-order chi connectivity index (χ1) is 10.00. The molecule has 0 radical (unpaired) electrons. The van der Waals surface area contributed by atoms with Gasteiger partial charge in [0.05, 0.1) is 38.6 Å². The van der Waals surface area contributed by atoms with E-state index < -0.39 is 0 Å². The first-order valence-electron chi connectivity index (χ1n) is 8.17. The van der Waals surface area contributed by atoms with Gasteiger partial charge in [-0.25, -0.2) is 0 Å². The predicted octanol–water partition coefficient (Wildman–Crippen LogP) is 2.03. The molecule has 0 aromatic heterocycles. The second kappa shape index (κ2) is 7.14. The summed E-state index contributed by atoms with van der Waals surface area (Å²) in [4.78, 5) is 2.58. The number of anilines is 2. The van der Waals surface area contributed by atoms with Crippen LogP contribution in [0.1, 0.15) is 18.9 Å². The monoisotopic (exact) mass is 291 g/mol. The third-order valence-corrected chi connectivity index (χ3v) is 4.54. The van der Waals surface area contributed by atoms with E-state index >= 15 is 0 Å². The molecular weight excluding hydrogens is 260 g/mol. The number of quaternary nitrogens is 1. The fourth-order valence-electron chi connectivity index (χ4n) is 2.77. The summed E-state index contributed by atoms with van der Waals surface area (Å²) in [6.07, 6.45) is 2.22. The number of rotatable bonds is 6. The Hall–Kier alpha value is -1.26. The van der Waals surface area contributed by atoms with Crippen LogP contribution in [0.5, 0.6) is 0 Å². The van der Waals surface area contributed by atoms with Crippen molar-refractivity contribution in [2.75, 3.05) is 64.4 Å². The lowest BCUT2D eigenvalue weighted by molar-refractivity contribution is -0.894. The van der Waals surface area contributed by atoms with E-state index in [0.29, 0.717) is 0 Å². The van der Waals surface area contributed by atoms with Crippen molar-refractivity contribution >= 4 is 11.4 Å². The second-order valence-electron chi connectivity index (χ2n) is 6.78. The van der Waals surface area contributed by atoms with E-state index in [4.69, 9.17) is 5.73 Å². The lowest BCUT2D eigenvalue weighted by Gasteiger charge is -2.39. The van der Waals surface area contributed by atoms with Crippen molar-refractivity contribution in [3.63, 3.8) is 0 Å². The summed E-state index contributed by atoms with van der Waals surface area (Å²) in [5, 5.41) is 3.49. The lowest BCUT2D eigenvalue weighted by Crippen LogP contribution is -2.54. The van der Waals surface area contributed by atoms with Gasteiger partial charge in [-0.1, -0.05) is 13.0 Å². The molecule has 21 heavy (non-hydrogen) atoms. The van der Waals surface area contributed by atoms with Crippen LogP contribution in [0.25, 0.3) is 0 Å². The van der Waals surface area contributed by atoms with Gasteiger partial charge in [0.15, 0.2) is 0 Å². The molecule has 4 heteroatoms. The maximum atomic E-state index is 6.02. The van der Waals surface area contributed by atoms with Crippen molar-refractivity contribution in [3.8, 4) is 0 Å². The number of nitrogens with zero attached hydrogens (tertiary/aromatic N) is 2. The summed E-state index contributed by atoms with van der Waals surface area (Å²) in [5.74, 6) is 0. The number of piperazine rings is 1. The topological polar surface area (TPSA) is 41.3 Å². The highest BCUT2D eigenvalue weighted by Gasteiger charge is 2.23. The van der Waals surface area contributed by atoms with Gasteiger partial charge < -0.3 is 15.5 Å². The largest absolute Gasteiger partial charge is 0.397 e. The van der Waals surface area contributed by atoms with Gasteiger partial charge in [0.1, 0.15) is 0 Å². The van der Waals surface area contributed by atoms with Crippen LogP contribution in [-0.2, 0) is 6.42 Å². The Morgan fingerprint density at radius 1 is 1.24 bits per heavy atom. The summed E-state index contributed by atoms with van der Waals surface area (Å²) in [5.41, 5.74) is 9.30. The molecule has 1 heterocycles. The molecular formula is C17H31N4+. The van der Waals surface area contributed by atoms with Crippen molar-refractivity contribution in [3.05, 3.63) is 23.8 Å². The minimum atomic E-state index is 0.851. The Morgan fingerprint density at radius 3 is 2.62 bits per heavy atom. The molecule has 0 atom stereocenters. The quantitative estimate of drug-likeness (QED) is 0.479. The van der Waals surface area contributed by atoms with Gasteiger partial charge in [0.2, 0.25) is 0 Å². The summed E-state index contributed by atoms with van der Waals surface area (Å²) in [6, 6.07) is 6.29. The minimum Gasteiger partial charge on any atom is -0.397 e. The molecule has 4 nitrogen and oxygen atoms in total. The Morgan fingerprint density at radius 2 is 1.95 bits per heavy atom. The summed E-state index contributed by atoms with van der Waals surface area (Å²) < 4.78 is 1.16. The molecule has 1 aromatic carbocycles. The number of hydrogen-bond donors (Lipinski definition) is 2. The van der Waals surface area contributed by atoms with Crippen LogP contribution in [-0.4, -0.2) is 62.7 Å². The SMILES string of the molecule is CCc1ccc(N)c(NCCCN2CC[N+](C)(C)CC2)c1. The van der Waals surface area contributed by atoms with Gasteiger partial charge in [0, 0.05) is 26.2 Å². The van der Waals surface area contributed by atoms with Crippen molar-refractivity contribution in [2.24, 2.45) is 0 Å². The molecule has 1 aliphatic heterocycles. The summed E-state index contributed by atoms with van der Waals surface area (Å²) in [7, 11) is 4.64. The highest BCUT2D eigenvalue weighted by atomic mass is 15.4. The van der Waals surface area contributed by atoms with E-state index in [2.05, 4.69) is 43.4 Å². The third kappa shape index (κ3) is 4.90. The minimum absolute atomic E-state index is 0.851. The fraction of sp³-hybridized carbons (Fsp3) is 0.647. The van der Waals surface area contributed by atoms with Crippen LogP contribution in [0.4, 0.5) is 11.4 Å². The molecule has 0 saturated carbocycles. The number of nitrogens with one attached hydrogen (secondary N) is 1. The molecule has 2 rings (SSSR count). The Balaban J connectivity index is 1.70. The number of hydrogen-bond acceptors (Lipinski definition) is 3. The molecule has 1 saturated heterocycles. The highest BCUT2D eigenvalue weighted by molar-refractivity contribution is 5.67. The van der Waals surface area contributed by atoms with Gasteiger partial charge in [-0.3, -0.25) is 4.90 Å². The first-order valence-corrected chi connectivity index (χ1v) is 8.17. The third-order valence-electron chi connectivity index (χ3n) is 4.54. The molecule has 118 valence electrons. The lowest BCUT2D eigenvalue weighted by atomic mass is 10.1. The number of nitrogen functional groups attached to an aromatic ring is 1. The van der Waals surface area contributed by atoms with Gasteiger partial charge in [-0.05, 0) is 30.5 Å². The maximum Gasteiger partial charge on any atom is 0.0912 e. The van der Waals surface area contributed by atoms with E-state index in [0.717, 1.165) is 28.8 Å². The Labute approximate surface area is 129 Å². The number of likely N-dealkylation sites (N-methyl/N-ethyl adjacent to an activating group) is 1. The smallest absolute Gasteiger partial charge is 0.0912 e. The van der Waals surface area contributed by atoms with Gasteiger partial charge in [0.25, 0.3) is 0 Å². The molecule has 3 N–H and O–H groups in total. The zero-order valence-corrected chi connectivity index (χ0v) is 13.9. The molecule has 0 spiro atoms. The molecule has 1 fully saturated rings. The molecule has 1 aliphatic rings.